The van der Waals surface area contributed by atoms with Crippen LogP contribution < -0.4 is 20.7 Å². The quantitative estimate of drug-likeness (QED) is 0.476. The fraction of sp³-hybridized carbons (Fsp3) is 0.333. The maximum Gasteiger partial charge on any atom is 0.138 e. The summed E-state index contributed by atoms with van der Waals surface area (Å²) in [7, 11) is 0. The minimum atomic E-state index is 0.271. The maximum absolute atomic E-state index is 10.0. The summed E-state index contributed by atoms with van der Waals surface area (Å²) >= 11 is 0. The smallest absolute Gasteiger partial charge is 0.138 e. The molecule has 3 aromatic rings. The molecule has 1 aliphatic rings. The Balaban J connectivity index is 1.80. The van der Waals surface area contributed by atoms with Crippen LogP contribution in [0.5, 0.6) is 5.75 Å². The molecule has 0 amide bonds. The zero-order chi connectivity index (χ0) is 21.6. The van der Waals surface area contributed by atoms with Gasteiger partial charge < -0.3 is 20.7 Å². The Bertz CT molecular complexity index is 1090. The highest BCUT2D eigenvalue weighted by Crippen LogP contribution is 2.35. The van der Waals surface area contributed by atoms with E-state index in [0.717, 1.165) is 60.0 Å². The molecule has 1 atom stereocenters. The van der Waals surface area contributed by atoms with E-state index in [2.05, 4.69) is 33.7 Å². The van der Waals surface area contributed by atoms with Crippen molar-refractivity contribution in [2.45, 2.75) is 32.2 Å². The van der Waals surface area contributed by atoms with Gasteiger partial charge in [-0.25, -0.2) is 4.52 Å². The predicted octanol–water partition coefficient (Wildman–Crippen LogP) is 4.24. The number of benzene rings is 1. The van der Waals surface area contributed by atoms with Crippen molar-refractivity contribution in [1.82, 2.24) is 14.9 Å². The van der Waals surface area contributed by atoms with Gasteiger partial charge >= 0.3 is 0 Å². The van der Waals surface area contributed by atoms with Crippen molar-refractivity contribution in [1.29, 1.82) is 5.26 Å². The van der Waals surface area contributed by atoms with Gasteiger partial charge in [-0.15, -0.1) is 6.58 Å². The molecule has 0 aliphatic carbocycles. The minimum absolute atomic E-state index is 0.271. The Labute approximate surface area is 182 Å². The molecule has 1 fully saturated rings. The predicted molar refractivity (Wildman–Crippen MR) is 124 cm³/mol. The highest BCUT2D eigenvalue weighted by Gasteiger charge is 2.23. The molecule has 1 aliphatic heterocycles. The summed E-state index contributed by atoms with van der Waals surface area (Å²) in [6.45, 7) is 8.46. The number of aromatic nitrogens is 2. The average Bonchev–Trinajstić information content (AvgIpc) is 3.28. The Morgan fingerprint density at radius 3 is 2.87 bits per heavy atom. The van der Waals surface area contributed by atoms with Crippen molar-refractivity contribution < 1.29 is 4.74 Å². The normalized spacial score (nSPS) is 15.9. The summed E-state index contributed by atoms with van der Waals surface area (Å²) in [6, 6.07) is 12.4. The van der Waals surface area contributed by atoms with Crippen LogP contribution in [0.4, 0.5) is 17.2 Å². The summed E-state index contributed by atoms with van der Waals surface area (Å²) in [5.41, 5.74) is 4.13. The third-order valence-corrected chi connectivity index (χ3v) is 5.48. The van der Waals surface area contributed by atoms with Gasteiger partial charge in [0.2, 0.25) is 0 Å². The summed E-state index contributed by atoms with van der Waals surface area (Å²) < 4.78 is 7.36. The van der Waals surface area contributed by atoms with E-state index in [-0.39, 0.29) is 6.04 Å². The molecule has 7 nitrogen and oxygen atoms in total. The number of ether oxygens (including phenoxy) is 1. The van der Waals surface area contributed by atoms with Crippen LogP contribution in [0.2, 0.25) is 0 Å². The number of pyridine rings is 1. The number of nitrogens with one attached hydrogen (secondary N) is 3. The first-order valence-electron chi connectivity index (χ1n) is 10.8. The van der Waals surface area contributed by atoms with Crippen LogP contribution >= 0.6 is 0 Å². The summed E-state index contributed by atoms with van der Waals surface area (Å²) in [5, 5.41) is 25.1. The molecule has 0 spiro atoms. The van der Waals surface area contributed by atoms with E-state index in [1.807, 2.05) is 43.3 Å². The molecule has 4 rings (SSSR count). The number of fused-ring (bicyclic) bond motifs is 1. The first-order valence-corrected chi connectivity index (χ1v) is 10.8. The van der Waals surface area contributed by atoms with Crippen LogP contribution in [0.15, 0.2) is 49.2 Å². The van der Waals surface area contributed by atoms with Crippen LogP contribution in [0, 0.1) is 11.3 Å². The van der Waals surface area contributed by atoms with Gasteiger partial charge in [0.25, 0.3) is 0 Å². The van der Waals surface area contributed by atoms with Gasteiger partial charge in [-0.2, -0.15) is 10.4 Å². The van der Waals surface area contributed by atoms with Gasteiger partial charge in [-0.3, -0.25) is 0 Å². The molecule has 3 heterocycles. The topological polar surface area (TPSA) is 86.4 Å². The number of nitriles is 1. The Morgan fingerprint density at radius 1 is 1.35 bits per heavy atom. The monoisotopic (exact) mass is 416 g/mol. The van der Waals surface area contributed by atoms with E-state index in [1.165, 1.54) is 0 Å². The molecule has 1 saturated heterocycles. The van der Waals surface area contributed by atoms with E-state index in [1.54, 1.807) is 10.7 Å². The molecular formula is C24H28N6O. The van der Waals surface area contributed by atoms with Crippen molar-refractivity contribution in [3.8, 4) is 11.8 Å². The molecule has 2 aromatic heterocycles. The SMILES string of the molecule is C=CCc1c(N[C@@H]2CCCNC2)c(C#N)c2ccnn2c1Nc1ccc(OCC)cc1. The van der Waals surface area contributed by atoms with Gasteiger partial charge in [-0.05, 0) is 63.1 Å². The summed E-state index contributed by atoms with van der Waals surface area (Å²) in [4.78, 5) is 0. The van der Waals surface area contributed by atoms with Crippen molar-refractivity contribution in [3.63, 3.8) is 0 Å². The van der Waals surface area contributed by atoms with Crippen LogP contribution in [0.1, 0.15) is 30.9 Å². The van der Waals surface area contributed by atoms with Gasteiger partial charge in [0.1, 0.15) is 23.2 Å². The molecule has 0 unspecified atom stereocenters. The van der Waals surface area contributed by atoms with E-state index in [4.69, 9.17) is 4.74 Å². The van der Waals surface area contributed by atoms with Crippen molar-refractivity contribution >= 4 is 22.7 Å². The second-order valence-electron chi connectivity index (χ2n) is 7.58. The second-order valence-corrected chi connectivity index (χ2v) is 7.58. The molecule has 31 heavy (non-hydrogen) atoms. The van der Waals surface area contributed by atoms with E-state index >= 15 is 0 Å². The number of allylic oxidation sites excluding steroid dienone is 1. The molecule has 0 saturated carbocycles. The highest BCUT2D eigenvalue weighted by molar-refractivity contribution is 5.83. The number of piperidine rings is 1. The van der Waals surface area contributed by atoms with Gasteiger partial charge in [0.15, 0.2) is 0 Å². The van der Waals surface area contributed by atoms with E-state index < -0.39 is 0 Å². The lowest BCUT2D eigenvalue weighted by Crippen LogP contribution is -2.39. The van der Waals surface area contributed by atoms with Gasteiger partial charge in [-0.1, -0.05) is 6.08 Å². The zero-order valence-corrected chi connectivity index (χ0v) is 17.8. The van der Waals surface area contributed by atoms with Crippen LogP contribution in [-0.2, 0) is 6.42 Å². The lowest BCUT2D eigenvalue weighted by Gasteiger charge is -2.28. The second kappa shape index (κ2) is 9.54. The first-order chi connectivity index (χ1) is 15.2. The number of hydrogen-bond acceptors (Lipinski definition) is 6. The molecule has 160 valence electrons. The molecule has 0 radical (unpaired) electrons. The van der Waals surface area contributed by atoms with Crippen LogP contribution in [-0.4, -0.2) is 35.4 Å². The number of anilines is 3. The van der Waals surface area contributed by atoms with Crippen molar-refractivity contribution in [3.05, 3.63) is 60.3 Å². The fourth-order valence-electron chi connectivity index (χ4n) is 4.06. The van der Waals surface area contributed by atoms with Crippen LogP contribution in [0.3, 0.4) is 0 Å². The van der Waals surface area contributed by atoms with E-state index in [9.17, 15) is 5.26 Å². The summed E-state index contributed by atoms with van der Waals surface area (Å²) in [6.07, 6.45) is 6.37. The standard InChI is InChI=1S/C24H28N6O/c1-3-6-20-23(28-18-7-5-13-26-16-18)21(15-25)22-12-14-27-30(22)24(20)29-17-8-10-19(11-9-17)31-4-2/h3,8-12,14,18,26,28-29H,1,4-7,13,16H2,2H3/t18-/m1/s1. The number of nitrogens with zero attached hydrogens (tertiary/aromatic N) is 3. The third kappa shape index (κ3) is 4.35. The Morgan fingerprint density at radius 2 is 2.19 bits per heavy atom. The van der Waals surface area contributed by atoms with Crippen molar-refractivity contribution in [2.75, 3.05) is 30.3 Å². The van der Waals surface area contributed by atoms with Gasteiger partial charge in [0.05, 0.1) is 24.0 Å². The Kier molecular flexibility index (Phi) is 6.39. The zero-order valence-electron chi connectivity index (χ0n) is 17.8. The number of hydrogen-bond donors (Lipinski definition) is 3. The first kappa shape index (κ1) is 20.8. The van der Waals surface area contributed by atoms with Gasteiger partial charge in [0, 0.05) is 23.8 Å². The van der Waals surface area contributed by atoms with E-state index in [0.29, 0.717) is 18.6 Å². The fourth-order valence-corrected chi connectivity index (χ4v) is 4.06. The summed E-state index contributed by atoms with van der Waals surface area (Å²) in [5.74, 6) is 1.66. The van der Waals surface area contributed by atoms with Crippen LogP contribution in [0.25, 0.3) is 5.52 Å². The lowest BCUT2D eigenvalue weighted by atomic mass is 10.0. The number of rotatable bonds is 8. The lowest BCUT2D eigenvalue weighted by molar-refractivity contribution is 0.340. The molecule has 3 N–H and O–H groups in total. The molecule has 0 bridgehead atoms. The third-order valence-electron chi connectivity index (χ3n) is 5.48. The molecule has 7 heteroatoms. The largest absolute Gasteiger partial charge is 0.494 e. The molecular weight excluding hydrogens is 388 g/mol. The molecule has 1 aromatic carbocycles. The minimum Gasteiger partial charge on any atom is -0.494 e. The van der Waals surface area contributed by atoms with Crippen molar-refractivity contribution in [2.24, 2.45) is 0 Å². The maximum atomic E-state index is 10.0. The average molecular weight is 417 g/mol. The Hall–Kier alpha value is -3.50. The highest BCUT2D eigenvalue weighted by atomic mass is 16.5.